The number of carboxylic acid groups (broad SMARTS) is 4. The van der Waals surface area contributed by atoms with Crippen molar-refractivity contribution in [3.63, 3.8) is 0 Å². The molecule has 2 aliphatic rings. The fraction of sp³-hybridized carbons (Fsp3) is 0.311. The summed E-state index contributed by atoms with van der Waals surface area (Å²) in [6.07, 6.45) is 2.49. The summed E-state index contributed by atoms with van der Waals surface area (Å²) < 4.78 is 24.7. The Morgan fingerprint density at radius 2 is 1.39 bits per heavy atom. The van der Waals surface area contributed by atoms with Gasteiger partial charge in [-0.1, -0.05) is 42.5 Å². The van der Waals surface area contributed by atoms with Gasteiger partial charge in [0, 0.05) is 63.4 Å². The summed E-state index contributed by atoms with van der Waals surface area (Å²) in [7, 11) is 1.65. The van der Waals surface area contributed by atoms with Crippen LogP contribution in [-0.4, -0.2) is 125 Å². The van der Waals surface area contributed by atoms with Crippen LogP contribution in [0.3, 0.4) is 0 Å². The maximum atomic E-state index is 14.5. The van der Waals surface area contributed by atoms with Crippen molar-refractivity contribution < 1.29 is 68.5 Å². The lowest BCUT2D eigenvalue weighted by molar-refractivity contribution is -0.159. The zero-order valence-corrected chi connectivity index (χ0v) is 34.8. The van der Waals surface area contributed by atoms with E-state index in [1.54, 1.807) is 19.2 Å². The van der Waals surface area contributed by atoms with Crippen molar-refractivity contribution in [1.82, 2.24) is 9.80 Å². The summed E-state index contributed by atoms with van der Waals surface area (Å²) in [5.74, 6) is -5.76. The van der Waals surface area contributed by atoms with Gasteiger partial charge in [-0.2, -0.15) is 0 Å². The Balaban J connectivity index is 0.000000533. The Hall–Kier alpha value is -6.37. The van der Waals surface area contributed by atoms with E-state index in [-0.39, 0.29) is 11.5 Å². The maximum absolute atomic E-state index is 14.5. The molecule has 62 heavy (non-hydrogen) atoms. The van der Waals surface area contributed by atoms with Crippen LogP contribution in [0.4, 0.5) is 0 Å². The van der Waals surface area contributed by atoms with Gasteiger partial charge in [-0.05, 0) is 79.5 Å². The van der Waals surface area contributed by atoms with Gasteiger partial charge < -0.3 is 44.5 Å². The first-order valence-corrected chi connectivity index (χ1v) is 20.5. The maximum Gasteiger partial charge on any atom is 0.414 e. The number of carbonyl (C=O) groups excluding carboxylic acids is 1. The number of phenols is 1. The third-order valence-electron chi connectivity index (χ3n) is 9.87. The smallest absolute Gasteiger partial charge is 0.414 e. The predicted molar refractivity (Wildman–Crippen MR) is 228 cm³/mol. The molecule has 0 aliphatic carbocycles. The Morgan fingerprint density at radius 3 is 2.03 bits per heavy atom. The topological polar surface area (TPSA) is 230 Å². The lowest BCUT2D eigenvalue weighted by Gasteiger charge is -2.27. The van der Waals surface area contributed by atoms with Crippen LogP contribution < -0.4 is 9.47 Å². The molecule has 2 saturated heterocycles. The van der Waals surface area contributed by atoms with Crippen molar-refractivity contribution in [2.75, 3.05) is 59.7 Å². The van der Waals surface area contributed by atoms with Gasteiger partial charge in [0.05, 0.1) is 33.5 Å². The molecule has 5 aromatic rings. The molecule has 1 aromatic heterocycles. The van der Waals surface area contributed by atoms with Crippen LogP contribution >= 0.6 is 11.3 Å². The third-order valence-corrected chi connectivity index (χ3v) is 11.1. The molecule has 0 unspecified atom stereocenters. The fourth-order valence-electron chi connectivity index (χ4n) is 6.79. The van der Waals surface area contributed by atoms with Crippen LogP contribution in [0, 0.1) is 0 Å². The molecule has 3 heterocycles. The summed E-state index contributed by atoms with van der Waals surface area (Å²) in [6.45, 7) is 8.46. The number of morpholine rings is 1. The highest BCUT2D eigenvalue weighted by atomic mass is 32.1. The minimum Gasteiger partial charge on any atom is -0.508 e. The van der Waals surface area contributed by atoms with Crippen molar-refractivity contribution in [3.8, 4) is 27.7 Å². The molecule has 0 saturated carbocycles. The van der Waals surface area contributed by atoms with E-state index in [2.05, 4.69) is 28.0 Å². The lowest BCUT2D eigenvalue weighted by Crippen LogP contribution is -2.35. The average Bonchev–Trinajstić information content (AvgIpc) is 3.93. The number of aromatic hydroxyl groups is 1. The monoisotopic (exact) mass is 872 g/mol. The summed E-state index contributed by atoms with van der Waals surface area (Å²) in [4.78, 5) is 56.5. The van der Waals surface area contributed by atoms with E-state index in [0.717, 1.165) is 95.4 Å². The highest BCUT2D eigenvalue weighted by Crippen LogP contribution is 2.42. The quantitative estimate of drug-likeness (QED) is 0.0651. The molecule has 0 bridgehead atoms. The van der Waals surface area contributed by atoms with E-state index >= 15 is 0 Å². The highest BCUT2D eigenvalue weighted by molar-refractivity contribution is 7.22. The van der Waals surface area contributed by atoms with E-state index in [1.807, 2.05) is 54.6 Å². The number of hydrogen-bond acceptors (Lipinski definition) is 13. The van der Waals surface area contributed by atoms with Gasteiger partial charge in [0.1, 0.15) is 23.9 Å². The molecule has 0 spiro atoms. The largest absolute Gasteiger partial charge is 0.508 e. The second kappa shape index (κ2) is 23.0. The first-order chi connectivity index (χ1) is 29.8. The number of phenolic OH excluding ortho intramolecular Hbond substituents is 1. The van der Waals surface area contributed by atoms with Crippen LogP contribution in [0.5, 0.6) is 17.2 Å². The van der Waals surface area contributed by atoms with Crippen molar-refractivity contribution in [2.45, 2.75) is 32.6 Å². The number of ketones is 1. The third kappa shape index (κ3) is 13.3. The number of fused-ring (bicyclic) bond motifs is 1. The van der Waals surface area contributed by atoms with Gasteiger partial charge in [0.15, 0.2) is 5.78 Å². The zero-order valence-electron chi connectivity index (χ0n) is 34.0. The Labute approximate surface area is 361 Å². The van der Waals surface area contributed by atoms with Crippen molar-refractivity contribution in [1.29, 1.82) is 0 Å². The van der Waals surface area contributed by atoms with E-state index in [9.17, 15) is 9.90 Å². The minimum atomic E-state index is -1.82. The van der Waals surface area contributed by atoms with Gasteiger partial charge in [-0.3, -0.25) is 14.6 Å². The number of carbonyl (C=O) groups is 5. The van der Waals surface area contributed by atoms with Crippen molar-refractivity contribution >= 4 is 51.1 Å². The molecule has 4 aromatic carbocycles. The van der Waals surface area contributed by atoms with Crippen molar-refractivity contribution in [2.24, 2.45) is 0 Å². The summed E-state index contributed by atoms with van der Waals surface area (Å²) in [5, 5.41) is 40.7. The van der Waals surface area contributed by atoms with Crippen LogP contribution in [0.1, 0.15) is 45.5 Å². The van der Waals surface area contributed by atoms with Gasteiger partial charge in [-0.15, -0.1) is 11.3 Å². The van der Waals surface area contributed by atoms with E-state index < -0.39 is 23.9 Å². The van der Waals surface area contributed by atoms with Crippen LogP contribution in [-0.2, 0) is 48.4 Å². The van der Waals surface area contributed by atoms with E-state index in [1.165, 1.54) is 24.2 Å². The molecular formula is C45H48N2O14S. The number of rotatable bonds is 14. The number of aliphatic carboxylic acids is 4. The molecule has 2 fully saturated rings. The molecule has 17 heteroatoms. The highest BCUT2D eigenvalue weighted by Gasteiger charge is 2.24. The number of carboxylic acids is 4. The SMILES string of the molecule is COc1cc(C(=O)c2c(-c3ccc(OCCN4CCCC4)c(COCc4ccccc4)c3)sc3cc(O)ccc23)ccc1CN1CCOCC1.O=C(O)C(=O)O.O=C(O)C(=O)O. The summed E-state index contributed by atoms with van der Waals surface area (Å²) in [5.41, 5.74) is 5.11. The lowest BCUT2D eigenvalue weighted by atomic mass is 9.96. The summed E-state index contributed by atoms with van der Waals surface area (Å²) >= 11 is 1.50. The predicted octanol–water partition coefficient (Wildman–Crippen LogP) is 5.85. The number of likely N-dealkylation sites (tertiary alicyclic amines) is 1. The van der Waals surface area contributed by atoms with E-state index in [4.69, 9.17) is 58.6 Å². The second-order valence-corrected chi connectivity index (χ2v) is 15.2. The van der Waals surface area contributed by atoms with Gasteiger partial charge in [0.2, 0.25) is 0 Å². The van der Waals surface area contributed by atoms with Crippen LogP contribution in [0.2, 0.25) is 0 Å². The molecule has 0 radical (unpaired) electrons. The van der Waals surface area contributed by atoms with Gasteiger partial charge in [-0.25, -0.2) is 19.2 Å². The second-order valence-electron chi connectivity index (χ2n) is 14.1. The normalized spacial score (nSPS) is 13.9. The molecular weight excluding hydrogens is 825 g/mol. The fourth-order valence-corrected chi connectivity index (χ4v) is 8.02. The van der Waals surface area contributed by atoms with Crippen LogP contribution in [0.25, 0.3) is 20.5 Å². The van der Waals surface area contributed by atoms with E-state index in [0.29, 0.717) is 36.7 Å². The van der Waals surface area contributed by atoms with Gasteiger partial charge >= 0.3 is 23.9 Å². The molecule has 7 rings (SSSR count). The van der Waals surface area contributed by atoms with Gasteiger partial charge in [0.25, 0.3) is 0 Å². The number of hydrogen-bond donors (Lipinski definition) is 5. The number of thiophene rings is 1. The number of ether oxygens (including phenoxy) is 4. The minimum absolute atomic E-state index is 0.0963. The van der Waals surface area contributed by atoms with Crippen molar-refractivity contribution in [3.05, 3.63) is 113 Å². The number of benzene rings is 4. The molecule has 16 nitrogen and oxygen atoms in total. The Kier molecular flexibility index (Phi) is 17.3. The number of nitrogens with zero attached hydrogens (tertiary/aromatic N) is 2. The first-order valence-electron chi connectivity index (χ1n) is 19.6. The zero-order chi connectivity index (χ0) is 44.6. The Morgan fingerprint density at radius 1 is 0.710 bits per heavy atom. The molecule has 0 atom stereocenters. The molecule has 2 aliphatic heterocycles. The Bertz CT molecular complexity index is 2290. The standard InChI is InChI=1S/C41H44N2O6S.2C2H2O4/c1-46-37-24-30(9-10-32(37)26-43-17-20-47-21-18-43)40(45)39-35-13-12-34(44)25-38(35)50-41(39)31-11-14-36(49-22-19-42-15-5-6-16-42)33(23-31)28-48-27-29-7-3-2-4-8-29;2*3-1(4)2(5)6/h2-4,7-14,23-25,44H,5-6,15-22,26-28H2,1H3;2*(H,3,4)(H,5,6). The average molecular weight is 873 g/mol. The molecule has 5 N–H and O–H groups in total. The summed E-state index contributed by atoms with van der Waals surface area (Å²) in [6, 6.07) is 27.2. The molecule has 0 amide bonds. The number of methoxy groups -OCH3 is 1. The molecule has 328 valence electrons. The van der Waals surface area contributed by atoms with Crippen LogP contribution in [0.15, 0.2) is 84.9 Å². The first kappa shape index (κ1) is 46.7.